The number of nitrogens with zero attached hydrogens (tertiary/aromatic N) is 3. The predicted molar refractivity (Wildman–Crippen MR) is 167 cm³/mol. The van der Waals surface area contributed by atoms with Crippen molar-refractivity contribution >= 4 is 45.0 Å². The van der Waals surface area contributed by atoms with E-state index in [1.807, 2.05) is 13.0 Å². The Hall–Kier alpha value is -4.93. The molecule has 12 nitrogen and oxygen atoms in total. The van der Waals surface area contributed by atoms with E-state index in [1.54, 1.807) is 23.1 Å². The number of carbonyl (C=O) groups excluding carboxylic acids is 2. The number of ether oxygens (including phenoxy) is 2. The van der Waals surface area contributed by atoms with E-state index in [9.17, 15) is 26.4 Å². The van der Waals surface area contributed by atoms with Gasteiger partial charge in [-0.25, -0.2) is 22.5 Å². The standard InChI is InChI=1S/C30H26ClN3O7S.C2HF3O2/c1-18-4-11-26(40-3)23(16-18)30(33-14-12-25(35)27(33)28-32-13-15-41-28)22-17-19(31)5-10-24(22)34(29(30)36)42(37,38)21-8-6-20(39-2)7-9-21;3-2(4,5)1(6)7/h4-11,13,15-17,27H,12,14H2,1-3H3;(H,6,7)/t27-,30?;/m1./s1. The average Bonchev–Trinajstić information content (AvgIpc) is 3.77. The van der Waals surface area contributed by atoms with E-state index >= 15 is 4.79 Å². The number of carbonyl (C=O) groups is 3. The van der Waals surface area contributed by atoms with Crippen LogP contribution < -0.4 is 13.8 Å². The summed E-state index contributed by atoms with van der Waals surface area (Å²) in [6, 6.07) is 14.6. The third kappa shape index (κ3) is 6.11. The highest BCUT2D eigenvalue weighted by Gasteiger charge is 2.64. The van der Waals surface area contributed by atoms with E-state index in [4.69, 9.17) is 35.4 Å². The minimum absolute atomic E-state index is 0.0807. The van der Waals surface area contributed by atoms with Gasteiger partial charge in [-0.1, -0.05) is 23.2 Å². The molecule has 4 aromatic rings. The van der Waals surface area contributed by atoms with Crippen molar-refractivity contribution in [2.75, 3.05) is 25.1 Å². The van der Waals surface area contributed by atoms with Crippen LogP contribution in [0.25, 0.3) is 0 Å². The first-order valence-electron chi connectivity index (χ1n) is 14.3. The lowest BCUT2D eigenvalue weighted by Crippen LogP contribution is -2.55. The van der Waals surface area contributed by atoms with Crippen LogP contribution in [-0.2, 0) is 29.9 Å². The van der Waals surface area contributed by atoms with Gasteiger partial charge < -0.3 is 19.0 Å². The van der Waals surface area contributed by atoms with Crippen molar-refractivity contribution < 1.29 is 55.0 Å². The number of oxazole rings is 1. The van der Waals surface area contributed by atoms with Crippen molar-refractivity contribution in [3.63, 3.8) is 0 Å². The number of aliphatic carboxylic acids is 1. The molecule has 6 rings (SSSR count). The summed E-state index contributed by atoms with van der Waals surface area (Å²) in [5.74, 6) is -2.92. The molecule has 0 radical (unpaired) electrons. The van der Waals surface area contributed by atoms with E-state index in [0.717, 1.165) is 9.87 Å². The quantitative estimate of drug-likeness (QED) is 0.265. The first-order valence-corrected chi connectivity index (χ1v) is 16.1. The second-order valence-corrected chi connectivity index (χ2v) is 13.0. The summed E-state index contributed by atoms with van der Waals surface area (Å²) in [6.45, 7) is 1.96. The number of amides is 1. The first kappa shape index (κ1) is 35.4. The Morgan fingerprint density at radius 2 is 1.71 bits per heavy atom. The third-order valence-corrected chi connectivity index (χ3v) is 9.92. The molecule has 2 atom stereocenters. The van der Waals surface area contributed by atoms with E-state index in [-0.39, 0.29) is 45.8 Å². The molecule has 2 aliphatic rings. The Bertz CT molecular complexity index is 2020. The van der Waals surface area contributed by atoms with Crippen LogP contribution >= 0.6 is 11.6 Å². The van der Waals surface area contributed by atoms with Gasteiger partial charge in [0.25, 0.3) is 15.9 Å². The van der Waals surface area contributed by atoms with Crippen molar-refractivity contribution in [1.29, 1.82) is 0 Å². The molecule has 2 aliphatic heterocycles. The Kier molecular flexibility index (Phi) is 9.51. The lowest BCUT2D eigenvalue weighted by Gasteiger charge is -2.40. The van der Waals surface area contributed by atoms with Gasteiger partial charge in [0.2, 0.25) is 5.89 Å². The summed E-state index contributed by atoms with van der Waals surface area (Å²) in [7, 11) is -1.53. The predicted octanol–water partition coefficient (Wildman–Crippen LogP) is 5.28. The number of Topliss-reactive ketones (excluding diaryl/α,β-unsaturated/α-hetero) is 1. The Balaban J connectivity index is 0.000000606. The number of hydrogen-bond donors (Lipinski definition) is 1. The zero-order chi connectivity index (χ0) is 35.9. The number of sulfonamides is 1. The lowest BCUT2D eigenvalue weighted by molar-refractivity contribution is -0.192. The molecule has 0 saturated carbocycles. The average molecular weight is 722 g/mol. The normalized spacial score (nSPS) is 19.3. The summed E-state index contributed by atoms with van der Waals surface area (Å²) >= 11 is 6.53. The molecule has 1 aromatic heterocycles. The molecule has 0 spiro atoms. The number of carboxylic acids is 1. The molecule has 1 saturated heterocycles. The number of methoxy groups -OCH3 is 2. The number of benzene rings is 3. The van der Waals surface area contributed by atoms with Crippen LogP contribution in [0.3, 0.4) is 0 Å². The van der Waals surface area contributed by atoms with Crippen LogP contribution in [0.4, 0.5) is 18.9 Å². The van der Waals surface area contributed by atoms with Crippen molar-refractivity contribution in [2.24, 2.45) is 0 Å². The van der Waals surface area contributed by atoms with Gasteiger partial charge in [-0.15, -0.1) is 0 Å². The molecule has 3 aromatic carbocycles. The molecule has 1 amide bonds. The van der Waals surface area contributed by atoms with Crippen LogP contribution in [-0.4, -0.2) is 68.0 Å². The van der Waals surface area contributed by atoms with E-state index in [2.05, 4.69) is 4.98 Å². The monoisotopic (exact) mass is 721 g/mol. The molecule has 1 N–H and O–H groups in total. The van der Waals surface area contributed by atoms with E-state index in [0.29, 0.717) is 17.1 Å². The van der Waals surface area contributed by atoms with Crippen LogP contribution in [0.15, 0.2) is 82.4 Å². The van der Waals surface area contributed by atoms with Gasteiger partial charge in [0.1, 0.15) is 23.8 Å². The number of alkyl halides is 3. The third-order valence-electron chi connectivity index (χ3n) is 7.98. The maximum Gasteiger partial charge on any atom is 0.490 e. The van der Waals surface area contributed by atoms with Crippen molar-refractivity contribution in [2.45, 2.75) is 36.0 Å². The summed E-state index contributed by atoms with van der Waals surface area (Å²) in [5, 5.41) is 7.40. The zero-order valence-corrected chi connectivity index (χ0v) is 27.5. The van der Waals surface area contributed by atoms with Crippen LogP contribution in [0, 0.1) is 6.92 Å². The molecule has 258 valence electrons. The van der Waals surface area contributed by atoms with Gasteiger partial charge in [-0.2, -0.15) is 13.2 Å². The Labute approximate surface area is 282 Å². The molecule has 0 aliphatic carbocycles. The van der Waals surface area contributed by atoms with Gasteiger partial charge >= 0.3 is 12.1 Å². The number of ketones is 1. The zero-order valence-electron chi connectivity index (χ0n) is 25.9. The number of anilines is 1. The number of fused-ring (bicyclic) bond motifs is 1. The van der Waals surface area contributed by atoms with Gasteiger partial charge in [0.05, 0.1) is 31.0 Å². The number of halogens is 4. The second-order valence-electron chi connectivity index (χ2n) is 10.8. The number of hydrogen-bond acceptors (Lipinski definition) is 10. The van der Waals surface area contributed by atoms with E-state index < -0.39 is 39.7 Å². The summed E-state index contributed by atoms with van der Waals surface area (Å²) in [5.41, 5.74) is -0.322. The summed E-state index contributed by atoms with van der Waals surface area (Å²) in [4.78, 5) is 43.2. The Morgan fingerprint density at radius 3 is 2.29 bits per heavy atom. The highest BCUT2D eigenvalue weighted by Crippen LogP contribution is 2.56. The van der Waals surface area contributed by atoms with Crippen LogP contribution in [0.2, 0.25) is 5.02 Å². The fourth-order valence-corrected chi connectivity index (χ4v) is 7.54. The fraction of sp³-hybridized carbons (Fsp3) is 0.250. The van der Waals surface area contributed by atoms with Crippen molar-refractivity contribution in [1.82, 2.24) is 9.88 Å². The van der Waals surface area contributed by atoms with Crippen LogP contribution in [0.1, 0.15) is 35.0 Å². The van der Waals surface area contributed by atoms with Crippen LogP contribution in [0.5, 0.6) is 11.5 Å². The van der Waals surface area contributed by atoms with Gasteiger partial charge in [-0.3, -0.25) is 14.5 Å². The number of likely N-dealkylation sites (tertiary alicyclic amines) is 1. The maximum atomic E-state index is 15.1. The SMILES string of the molecule is COc1ccc(S(=O)(=O)N2C(=O)C(c3cc(C)ccc3OC)(N3CCC(=O)[C@@H]3c3ncco3)c3cc(Cl)ccc32)cc1.O=C(O)C(F)(F)F. The summed E-state index contributed by atoms with van der Waals surface area (Å²) in [6.07, 6.45) is -2.24. The highest BCUT2D eigenvalue weighted by molar-refractivity contribution is 7.93. The van der Waals surface area contributed by atoms with Crippen molar-refractivity contribution in [3.05, 3.63) is 101 Å². The molecular formula is C32H27ClF3N3O9S. The molecule has 3 heterocycles. The minimum Gasteiger partial charge on any atom is -0.497 e. The van der Waals surface area contributed by atoms with Gasteiger partial charge in [0.15, 0.2) is 11.3 Å². The fourth-order valence-electron chi connectivity index (χ4n) is 5.91. The molecule has 1 fully saturated rings. The molecular weight excluding hydrogens is 695 g/mol. The number of carboxylic acid groups (broad SMARTS) is 1. The first-order chi connectivity index (χ1) is 23.1. The second kappa shape index (κ2) is 13.2. The highest BCUT2D eigenvalue weighted by atomic mass is 35.5. The van der Waals surface area contributed by atoms with Gasteiger partial charge in [-0.05, 0) is 61.5 Å². The smallest absolute Gasteiger partial charge is 0.490 e. The number of rotatable bonds is 7. The number of aromatic nitrogens is 1. The lowest BCUT2D eigenvalue weighted by atomic mass is 9.80. The molecule has 1 unspecified atom stereocenters. The Morgan fingerprint density at radius 1 is 1.04 bits per heavy atom. The molecule has 49 heavy (non-hydrogen) atoms. The largest absolute Gasteiger partial charge is 0.497 e. The minimum atomic E-state index is -5.08. The van der Waals surface area contributed by atoms with Gasteiger partial charge in [0, 0.05) is 29.1 Å². The molecule has 17 heteroatoms. The maximum absolute atomic E-state index is 15.1. The molecule has 0 bridgehead atoms. The number of aryl methyl sites for hydroxylation is 1. The summed E-state index contributed by atoms with van der Waals surface area (Å²) < 4.78 is 77.7. The van der Waals surface area contributed by atoms with Crippen molar-refractivity contribution in [3.8, 4) is 11.5 Å². The topological polar surface area (TPSA) is 157 Å². The van der Waals surface area contributed by atoms with E-state index in [1.165, 1.54) is 63.1 Å².